The van der Waals surface area contributed by atoms with Crippen molar-refractivity contribution in [3.8, 4) is 11.5 Å². The number of ketones is 1. The third kappa shape index (κ3) is 4.10. The van der Waals surface area contributed by atoms with Crippen molar-refractivity contribution in [2.24, 2.45) is 0 Å². The zero-order valence-electron chi connectivity index (χ0n) is 13.7. The van der Waals surface area contributed by atoms with E-state index >= 15 is 0 Å². The minimum absolute atomic E-state index is 0.152. The molecule has 2 aromatic carbocycles. The lowest BCUT2D eigenvalue weighted by molar-refractivity contribution is 0.0978. The molecule has 1 aromatic heterocycles. The number of hydrogen-bond acceptors (Lipinski definition) is 3. The van der Waals surface area contributed by atoms with E-state index in [1.807, 2.05) is 67.7 Å². The largest absolute Gasteiger partial charge is 0.457 e. The fourth-order valence-corrected chi connectivity index (χ4v) is 2.53. The van der Waals surface area contributed by atoms with Crippen molar-refractivity contribution < 1.29 is 9.53 Å². The lowest BCUT2D eigenvalue weighted by Gasteiger charge is -2.07. The van der Waals surface area contributed by atoms with Crippen LogP contribution in [0.1, 0.15) is 29.0 Å². The van der Waals surface area contributed by atoms with Gasteiger partial charge in [-0.3, -0.25) is 4.79 Å². The number of ether oxygens (including phenoxy) is 1. The van der Waals surface area contributed by atoms with E-state index in [0.29, 0.717) is 6.42 Å². The fourth-order valence-electron chi connectivity index (χ4n) is 2.53. The summed E-state index contributed by atoms with van der Waals surface area (Å²) in [7, 11) is 0. The number of hydrogen-bond donors (Lipinski definition) is 0. The van der Waals surface area contributed by atoms with Gasteiger partial charge >= 0.3 is 0 Å². The van der Waals surface area contributed by atoms with E-state index in [4.69, 9.17) is 4.74 Å². The van der Waals surface area contributed by atoms with E-state index < -0.39 is 0 Å². The fraction of sp³-hybridized carbons (Fsp3) is 0.200. The lowest BCUT2D eigenvalue weighted by atomic mass is 10.1. The van der Waals surface area contributed by atoms with Crippen LogP contribution in [0.4, 0.5) is 0 Å². The van der Waals surface area contributed by atoms with Gasteiger partial charge in [-0.05, 0) is 49.7 Å². The summed E-state index contributed by atoms with van der Waals surface area (Å²) >= 11 is 0. The molecule has 4 heteroatoms. The van der Waals surface area contributed by atoms with Crippen LogP contribution >= 0.6 is 0 Å². The molecule has 122 valence electrons. The second-order valence-corrected chi connectivity index (χ2v) is 5.63. The van der Waals surface area contributed by atoms with Crippen LogP contribution in [0.5, 0.6) is 11.5 Å². The summed E-state index contributed by atoms with van der Waals surface area (Å²) in [4.78, 5) is 16.4. The van der Waals surface area contributed by atoms with Crippen LogP contribution in [0.3, 0.4) is 0 Å². The Morgan fingerprint density at radius 2 is 1.75 bits per heavy atom. The number of carbonyl (C=O) groups is 1. The van der Waals surface area contributed by atoms with Gasteiger partial charge in [0.15, 0.2) is 5.78 Å². The van der Waals surface area contributed by atoms with Gasteiger partial charge in [0.25, 0.3) is 0 Å². The van der Waals surface area contributed by atoms with E-state index in [2.05, 4.69) is 9.55 Å². The molecule has 0 aliphatic carbocycles. The number of nitrogens with zero attached hydrogens (tertiary/aromatic N) is 2. The number of benzene rings is 2. The molecule has 3 rings (SSSR count). The summed E-state index contributed by atoms with van der Waals surface area (Å²) in [6.45, 7) is 2.78. The van der Waals surface area contributed by atoms with Crippen LogP contribution in [0.2, 0.25) is 0 Å². The van der Waals surface area contributed by atoms with Crippen LogP contribution in [-0.2, 0) is 6.54 Å². The number of rotatable bonds is 7. The number of aromatic nitrogens is 2. The van der Waals surface area contributed by atoms with Crippen molar-refractivity contribution in [1.29, 1.82) is 0 Å². The van der Waals surface area contributed by atoms with Gasteiger partial charge in [-0.15, -0.1) is 0 Å². The van der Waals surface area contributed by atoms with Gasteiger partial charge in [0.05, 0.1) is 0 Å². The van der Waals surface area contributed by atoms with Crippen LogP contribution in [0, 0.1) is 6.92 Å². The van der Waals surface area contributed by atoms with Crippen LogP contribution < -0.4 is 4.74 Å². The highest BCUT2D eigenvalue weighted by Crippen LogP contribution is 2.21. The summed E-state index contributed by atoms with van der Waals surface area (Å²) in [6.07, 6.45) is 5.05. The van der Waals surface area contributed by atoms with E-state index in [1.54, 1.807) is 6.20 Å². The first-order valence-electron chi connectivity index (χ1n) is 8.06. The Labute approximate surface area is 141 Å². The zero-order chi connectivity index (χ0) is 16.8. The molecule has 0 aliphatic heterocycles. The number of imidazole rings is 1. The maximum absolute atomic E-state index is 12.3. The standard InChI is InChI=1S/C20H20N2O2/c1-16-21-13-15-22(16)14-5-8-20(23)17-9-11-19(12-10-17)24-18-6-3-2-4-7-18/h2-4,6-7,9-13,15H,5,8,14H2,1H3. The summed E-state index contributed by atoms with van der Waals surface area (Å²) in [6, 6.07) is 16.9. The highest BCUT2D eigenvalue weighted by molar-refractivity contribution is 5.96. The highest BCUT2D eigenvalue weighted by atomic mass is 16.5. The van der Waals surface area contributed by atoms with Crippen molar-refractivity contribution in [3.63, 3.8) is 0 Å². The maximum atomic E-state index is 12.3. The zero-order valence-corrected chi connectivity index (χ0v) is 13.7. The molecule has 0 saturated carbocycles. The first-order valence-corrected chi connectivity index (χ1v) is 8.06. The average Bonchev–Trinajstić information content (AvgIpc) is 3.01. The van der Waals surface area contributed by atoms with Crippen molar-refractivity contribution in [3.05, 3.63) is 78.4 Å². The Balaban J connectivity index is 1.53. The Kier molecular flexibility index (Phi) is 5.06. The second-order valence-electron chi connectivity index (χ2n) is 5.63. The molecule has 0 N–H and O–H groups in total. The van der Waals surface area contributed by atoms with Crippen molar-refractivity contribution in [2.75, 3.05) is 0 Å². The minimum atomic E-state index is 0.152. The van der Waals surface area contributed by atoms with Gasteiger partial charge in [-0.1, -0.05) is 18.2 Å². The monoisotopic (exact) mass is 320 g/mol. The van der Waals surface area contributed by atoms with Crippen LogP contribution in [0.15, 0.2) is 67.0 Å². The molecule has 24 heavy (non-hydrogen) atoms. The average molecular weight is 320 g/mol. The Morgan fingerprint density at radius 1 is 1.04 bits per heavy atom. The molecule has 0 amide bonds. The predicted molar refractivity (Wildman–Crippen MR) is 93.5 cm³/mol. The normalized spacial score (nSPS) is 10.5. The van der Waals surface area contributed by atoms with Gasteiger partial charge in [0, 0.05) is 30.9 Å². The topological polar surface area (TPSA) is 44.1 Å². The third-order valence-corrected chi connectivity index (χ3v) is 3.88. The van der Waals surface area contributed by atoms with E-state index in [-0.39, 0.29) is 5.78 Å². The lowest BCUT2D eigenvalue weighted by Crippen LogP contribution is -2.04. The Morgan fingerprint density at radius 3 is 2.42 bits per heavy atom. The molecule has 3 aromatic rings. The molecule has 0 aliphatic rings. The summed E-state index contributed by atoms with van der Waals surface area (Å²) in [5.74, 6) is 2.64. The van der Waals surface area contributed by atoms with Crippen LogP contribution in [-0.4, -0.2) is 15.3 Å². The predicted octanol–water partition coefficient (Wildman–Crippen LogP) is 4.65. The molecule has 4 nitrogen and oxygen atoms in total. The second kappa shape index (κ2) is 7.59. The third-order valence-electron chi connectivity index (χ3n) is 3.88. The van der Waals surface area contributed by atoms with Gasteiger partial charge in [0.2, 0.25) is 0 Å². The molecule has 0 saturated heterocycles. The molecule has 0 atom stereocenters. The SMILES string of the molecule is Cc1nccn1CCCC(=O)c1ccc(Oc2ccccc2)cc1. The maximum Gasteiger partial charge on any atom is 0.162 e. The van der Waals surface area contributed by atoms with Gasteiger partial charge in [0.1, 0.15) is 17.3 Å². The Hall–Kier alpha value is -2.88. The number of Topliss-reactive ketones (excluding diaryl/α,β-unsaturated/α-hetero) is 1. The molecule has 0 bridgehead atoms. The van der Waals surface area contributed by atoms with E-state index in [1.165, 1.54) is 0 Å². The number of carbonyl (C=O) groups excluding carboxylic acids is 1. The summed E-state index contributed by atoms with van der Waals surface area (Å²) in [5.41, 5.74) is 0.720. The van der Waals surface area contributed by atoms with Crippen molar-refractivity contribution in [1.82, 2.24) is 9.55 Å². The van der Waals surface area contributed by atoms with E-state index in [9.17, 15) is 4.79 Å². The number of aryl methyl sites for hydroxylation is 2. The Bertz CT molecular complexity index is 792. The summed E-state index contributed by atoms with van der Waals surface area (Å²) < 4.78 is 7.79. The first kappa shape index (κ1) is 16.0. The molecular formula is C20H20N2O2. The summed E-state index contributed by atoms with van der Waals surface area (Å²) in [5, 5.41) is 0. The van der Waals surface area contributed by atoms with Crippen LogP contribution in [0.25, 0.3) is 0 Å². The van der Waals surface area contributed by atoms with Gasteiger partial charge in [-0.25, -0.2) is 4.98 Å². The molecule has 0 fully saturated rings. The minimum Gasteiger partial charge on any atom is -0.457 e. The molecular weight excluding hydrogens is 300 g/mol. The highest BCUT2D eigenvalue weighted by Gasteiger charge is 2.07. The van der Waals surface area contributed by atoms with Gasteiger partial charge < -0.3 is 9.30 Å². The first-order chi connectivity index (χ1) is 11.7. The molecule has 0 spiro atoms. The smallest absolute Gasteiger partial charge is 0.162 e. The molecule has 0 radical (unpaired) electrons. The quantitative estimate of drug-likeness (QED) is 0.595. The van der Waals surface area contributed by atoms with E-state index in [0.717, 1.165) is 35.9 Å². The van der Waals surface area contributed by atoms with Crippen molar-refractivity contribution >= 4 is 5.78 Å². The van der Waals surface area contributed by atoms with Gasteiger partial charge in [-0.2, -0.15) is 0 Å². The molecule has 1 heterocycles. The number of para-hydroxylation sites is 1. The molecule has 0 unspecified atom stereocenters. The van der Waals surface area contributed by atoms with Crippen molar-refractivity contribution in [2.45, 2.75) is 26.3 Å².